The van der Waals surface area contributed by atoms with E-state index in [-0.39, 0.29) is 32.0 Å². The van der Waals surface area contributed by atoms with Crippen LogP contribution in [0.3, 0.4) is 0 Å². The Hall–Kier alpha value is -2.89. The number of benzene rings is 1. The molecule has 6 heteroatoms. The van der Waals surface area contributed by atoms with Crippen LogP contribution in [0.15, 0.2) is 42.0 Å². The molecule has 0 aromatic heterocycles. The maximum Gasteiger partial charge on any atom is 0.338 e. The van der Waals surface area contributed by atoms with E-state index in [0.717, 1.165) is 11.1 Å². The highest BCUT2D eigenvalue weighted by Crippen LogP contribution is 2.33. The van der Waals surface area contributed by atoms with Crippen LogP contribution in [0.25, 0.3) is 6.08 Å². The Morgan fingerprint density at radius 2 is 1.37 bits per heavy atom. The Morgan fingerprint density at radius 1 is 0.833 bits per heavy atom. The van der Waals surface area contributed by atoms with E-state index in [1.54, 1.807) is 57.2 Å². The summed E-state index contributed by atoms with van der Waals surface area (Å²) in [6.45, 7) is 9.64. The standard InChI is InChI=1S/C24H32O6/c1-6-28-21(25)20-13-11-19(12-14-20)10-9-16-24(17-15-18(4)5,22(26)29-7-2)23(27)30-8-3/h9-15H,6-8,16-17H2,1-5H3/b10-9+. The summed E-state index contributed by atoms with van der Waals surface area (Å²) in [5.41, 5.74) is 0.841. The number of carbonyl (C=O) groups is 3. The molecule has 0 aliphatic rings. The van der Waals surface area contributed by atoms with Crippen LogP contribution < -0.4 is 0 Å². The van der Waals surface area contributed by atoms with Gasteiger partial charge in [0.2, 0.25) is 0 Å². The van der Waals surface area contributed by atoms with Gasteiger partial charge in [0.15, 0.2) is 5.41 Å². The van der Waals surface area contributed by atoms with E-state index in [0.29, 0.717) is 12.2 Å². The summed E-state index contributed by atoms with van der Waals surface area (Å²) in [4.78, 5) is 37.3. The van der Waals surface area contributed by atoms with Crippen LogP contribution in [-0.2, 0) is 23.8 Å². The lowest BCUT2D eigenvalue weighted by molar-refractivity contribution is -0.171. The van der Waals surface area contributed by atoms with Gasteiger partial charge in [0.25, 0.3) is 0 Å². The Kier molecular flexibility index (Phi) is 10.6. The number of rotatable bonds is 11. The first-order valence-corrected chi connectivity index (χ1v) is 10.2. The lowest BCUT2D eigenvalue weighted by atomic mass is 9.80. The lowest BCUT2D eigenvalue weighted by Gasteiger charge is -2.27. The minimum atomic E-state index is -1.44. The van der Waals surface area contributed by atoms with Gasteiger partial charge in [0, 0.05) is 0 Å². The highest BCUT2D eigenvalue weighted by Gasteiger charge is 2.47. The zero-order valence-electron chi connectivity index (χ0n) is 18.5. The van der Waals surface area contributed by atoms with Crippen molar-refractivity contribution in [2.45, 2.75) is 47.5 Å². The fraction of sp³-hybridized carbons (Fsp3) is 0.458. The van der Waals surface area contributed by atoms with Crippen LogP contribution in [-0.4, -0.2) is 37.7 Å². The first kappa shape index (κ1) is 25.1. The van der Waals surface area contributed by atoms with E-state index in [1.807, 2.05) is 19.9 Å². The van der Waals surface area contributed by atoms with E-state index >= 15 is 0 Å². The van der Waals surface area contributed by atoms with Crippen molar-refractivity contribution >= 4 is 24.0 Å². The first-order valence-electron chi connectivity index (χ1n) is 10.2. The Morgan fingerprint density at radius 3 is 1.83 bits per heavy atom. The molecule has 0 heterocycles. The second-order valence-corrected chi connectivity index (χ2v) is 6.96. The number of ether oxygens (including phenoxy) is 3. The predicted octanol–water partition coefficient (Wildman–Crippen LogP) is 4.74. The van der Waals surface area contributed by atoms with Gasteiger partial charge in [-0.2, -0.15) is 0 Å². The van der Waals surface area contributed by atoms with Crippen molar-refractivity contribution in [3.05, 3.63) is 53.1 Å². The molecule has 0 aliphatic heterocycles. The molecule has 0 atom stereocenters. The highest BCUT2D eigenvalue weighted by molar-refractivity contribution is 6.00. The lowest BCUT2D eigenvalue weighted by Crippen LogP contribution is -2.41. The van der Waals surface area contributed by atoms with Gasteiger partial charge in [0.05, 0.1) is 25.4 Å². The van der Waals surface area contributed by atoms with Crippen molar-refractivity contribution < 1.29 is 28.6 Å². The summed E-state index contributed by atoms with van der Waals surface area (Å²) < 4.78 is 15.4. The molecule has 30 heavy (non-hydrogen) atoms. The minimum Gasteiger partial charge on any atom is -0.465 e. The van der Waals surface area contributed by atoms with Crippen LogP contribution in [0.1, 0.15) is 63.4 Å². The first-order chi connectivity index (χ1) is 14.3. The molecule has 0 N–H and O–H groups in total. The number of hydrogen-bond donors (Lipinski definition) is 0. The summed E-state index contributed by atoms with van der Waals surface area (Å²) in [5.74, 6) is -1.56. The van der Waals surface area contributed by atoms with Gasteiger partial charge in [-0.25, -0.2) is 4.79 Å². The summed E-state index contributed by atoms with van der Waals surface area (Å²) >= 11 is 0. The third kappa shape index (κ3) is 7.17. The van der Waals surface area contributed by atoms with E-state index < -0.39 is 17.4 Å². The van der Waals surface area contributed by atoms with Crippen molar-refractivity contribution in [1.29, 1.82) is 0 Å². The van der Waals surface area contributed by atoms with Gasteiger partial charge >= 0.3 is 17.9 Å². The molecule has 0 spiro atoms. The minimum absolute atomic E-state index is 0.133. The normalized spacial score (nSPS) is 11.1. The summed E-state index contributed by atoms with van der Waals surface area (Å²) in [5, 5.41) is 0. The monoisotopic (exact) mass is 416 g/mol. The van der Waals surface area contributed by atoms with E-state index in [2.05, 4.69) is 0 Å². The van der Waals surface area contributed by atoms with Gasteiger partial charge in [-0.1, -0.05) is 35.9 Å². The second kappa shape index (κ2) is 12.6. The Bertz CT molecular complexity index is 751. The van der Waals surface area contributed by atoms with Gasteiger partial charge in [0.1, 0.15) is 0 Å². The molecule has 1 rings (SSSR count). The zero-order chi connectivity index (χ0) is 22.6. The highest BCUT2D eigenvalue weighted by atomic mass is 16.6. The van der Waals surface area contributed by atoms with Crippen LogP contribution in [0.2, 0.25) is 0 Å². The Balaban J connectivity index is 3.12. The van der Waals surface area contributed by atoms with Crippen LogP contribution in [0.5, 0.6) is 0 Å². The average Bonchev–Trinajstić information content (AvgIpc) is 2.71. The maximum atomic E-state index is 12.8. The van der Waals surface area contributed by atoms with Crippen molar-refractivity contribution in [1.82, 2.24) is 0 Å². The molecule has 0 amide bonds. The quantitative estimate of drug-likeness (QED) is 0.224. The van der Waals surface area contributed by atoms with E-state index in [4.69, 9.17) is 14.2 Å². The van der Waals surface area contributed by atoms with Crippen molar-refractivity contribution in [3.8, 4) is 0 Å². The summed E-state index contributed by atoms with van der Waals surface area (Å²) in [6.07, 6.45) is 5.72. The molecule has 6 nitrogen and oxygen atoms in total. The van der Waals surface area contributed by atoms with Crippen LogP contribution in [0, 0.1) is 5.41 Å². The number of hydrogen-bond acceptors (Lipinski definition) is 6. The van der Waals surface area contributed by atoms with Crippen LogP contribution in [0.4, 0.5) is 0 Å². The van der Waals surface area contributed by atoms with Gasteiger partial charge in [-0.05, 0) is 65.2 Å². The molecular formula is C24H32O6. The molecule has 0 saturated heterocycles. The number of carbonyl (C=O) groups excluding carboxylic acids is 3. The molecule has 164 valence electrons. The molecule has 0 fully saturated rings. The topological polar surface area (TPSA) is 78.9 Å². The number of allylic oxidation sites excluding steroid dienone is 3. The summed E-state index contributed by atoms with van der Waals surface area (Å²) in [6, 6.07) is 6.89. The molecular weight excluding hydrogens is 384 g/mol. The largest absolute Gasteiger partial charge is 0.465 e. The second-order valence-electron chi connectivity index (χ2n) is 6.96. The van der Waals surface area contributed by atoms with Gasteiger partial charge < -0.3 is 14.2 Å². The smallest absolute Gasteiger partial charge is 0.338 e. The van der Waals surface area contributed by atoms with E-state index in [1.165, 1.54) is 0 Å². The average molecular weight is 417 g/mol. The van der Waals surface area contributed by atoms with Gasteiger partial charge in [-0.15, -0.1) is 0 Å². The molecule has 0 bridgehead atoms. The predicted molar refractivity (Wildman–Crippen MR) is 116 cm³/mol. The SMILES string of the molecule is CCOC(=O)c1ccc(/C=C/CC(CC=C(C)C)(C(=O)OCC)C(=O)OCC)cc1. The van der Waals surface area contributed by atoms with Gasteiger partial charge in [-0.3, -0.25) is 9.59 Å². The molecule has 1 aromatic carbocycles. The van der Waals surface area contributed by atoms with Crippen molar-refractivity contribution in [2.24, 2.45) is 5.41 Å². The fourth-order valence-electron chi connectivity index (χ4n) is 2.76. The molecule has 1 aromatic rings. The third-order valence-electron chi connectivity index (χ3n) is 4.39. The van der Waals surface area contributed by atoms with Crippen molar-refractivity contribution in [3.63, 3.8) is 0 Å². The molecule has 0 saturated carbocycles. The molecule has 0 aliphatic carbocycles. The van der Waals surface area contributed by atoms with Crippen LogP contribution >= 0.6 is 0 Å². The molecule has 0 unspecified atom stereocenters. The molecule has 0 radical (unpaired) electrons. The van der Waals surface area contributed by atoms with Crippen molar-refractivity contribution in [2.75, 3.05) is 19.8 Å². The summed E-state index contributed by atoms with van der Waals surface area (Å²) in [7, 11) is 0. The fourth-order valence-corrected chi connectivity index (χ4v) is 2.76. The number of esters is 3. The zero-order valence-corrected chi connectivity index (χ0v) is 18.5. The maximum absolute atomic E-state index is 12.8. The van der Waals surface area contributed by atoms with E-state index in [9.17, 15) is 14.4 Å². The third-order valence-corrected chi connectivity index (χ3v) is 4.39. The Labute approximate surface area is 178 Å².